The zero-order valence-corrected chi connectivity index (χ0v) is 9.29. The summed E-state index contributed by atoms with van der Waals surface area (Å²) >= 11 is 0. The van der Waals surface area contributed by atoms with Gasteiger partial charge in [0.1, 0.15) is 6.33 Å². The fourth-order valence-corrected chi connectivity index (χ4v) is 1.40. The van der Waals surface area contributed by atoms with Gasteiger partial charge in [0.2, 0.25) is 0 Å². The Kier molecular flexibility index (Phi) is 2.73. The normalized spacial score (nSPS) is 10.4. The van der Waals surface area contributed by atoms with Crippen molar-refractivity contribution in [2.45, 2.75) is 13.3 Å². The van der Waals surface area contributed by atoms with Crippen molar-refractivity contribution in [1.29, 1.82) is 0 Å². The molecule has 2 rings (SSSR count). The summed E-state index contributed by atoms with van der Waals surface area (Å²) in [6.07, 6.45) is 3.73. The first-order valence-corrected chi connectivity index (χ1v) is 5.08. The minimum atomic E-state index is -0.661. The van der Waals surface area contributed by atoms with Crippen LogP contribution in [0, 0.1) is 0 Å². The first-order chi connectivity index (χ1) is 8.11. The summed E-state index contributed by atoms with van der Waals surface area (Å²) in [6, 6.07) is 1.78. The zero-order valence-electron chi connectivity index (χ0n) is 9.29. The Hall–Kier alpha value is -2.44. The van der Waals surface area contributed by atoms with Crippen LogP contribution in [0.1, 0.15) is 23.1 Å². The Morgan fingerprint density at radius 2 is 2.24 bits per heavy atom. The third kappa shape index (κ3) is 2.07. The highest BCUT2D eigenvalue weighted by Crippen LogP contribution is 2.12. The predicted octanol–water partition coefficient (Wildman–Crippen LogP) is -0.0942. The van der Waals surface area contributed by atoms with Crippen molar-refractivity contribution >= 4 is 11.6 Å². The molecule has 0 radical (unpaired) electrons. The number of aromatic nitrogens is 4. The Bertz CT molecular complexity index is 562. The van der Waals surface area contributed by atoms with E-state index in [-0.39, 0.29) is 11.4 Å². The summed E-state index contributed by atoms with van der Waals surface area (Å²) < 4.78 is 1.41. The number of rotatable bonds is 3. The van der Waals surface area contributed by atoms with E-state index in [1.807, 2.05) is 6.92 Å². The number of hydrogen-bond acceptors (Lipinski definition) is 5. The maximum atomic E-state index is 11.0. The lowest BCUT2D eigenvalue weighted by Crippen LogP contribution is -2.14. The fraction of sp³-hybridized carbons (Fsp3) is 0.200. The van der Waals surface area contributed by atoms with Crippen LogP contribution in [0.25, 0.3) is 5.82 Å². The number of nitrogen functional groups attached to an aromatic ring is 1. The van der Waals surface area contributed by atoms with Crippen molar-refractivity contribution in [3.8, 4) is 5.82 Å². The molecule has 0 saturated carbocycles. The summed E-state index contributed by atoms with van der Waals surface area (Å²) in [5, 5.41) is 3.98. The Labute approximate surface area is 97.5 Å². The van der Waals surface area contributed by atoms with Crippen molar-refractivity contribution in [3.05, 3.63) is 30.0 Å². The standard InChI is InChI=1S/C10H12N6O/c1-2-6-3-8(14-5-13-6)16-4-7(11)9(15-16)10(12)17/h3-5H,2,11H2,1H3,(H2,12,17). The van der Waals surface area contributed by atoms with Crippen molar-refractivity contribution in [1.82, 2.24) is 19.7 Å². The molecule has 0 aliphatic heterocycles. The van der Waals surface area contributed by atoms with Crippen LogP contribution >= 0.6 is 0 Å². The topological polar surface area (TPSA) is 113 Å². The van der Waals surface area contributed by atoms with E-state index in [2.05, 4.69) is 15.1 Å². The first kappa shape index (κ1) is 11.1. The van der Waals surface area contributed by atoms with E-state index in [0.717, 1.165) is 12.1 Å². The average molecular weight is 232 g/mol. The number of amides is 1. The highest BCUT2D eigenvalue weighted by atomic mass is 16.1. The molecule has 17 heavy (non-hydrogen) atoms. The number of nitrogens with zero attached hydrogens (tertiary/aromatic N) is 4. The van der Waals surface area contributed by atoms with Crippen LogP contribution in [0.4, 0.5) is 5.69 Å². The molecule has 0 atom stereocenters. The number of primary amides is 1. The van der Waals surface area contributed by atoms with Gasteiger partial charge in [0, 0.05) is 11.8 Å². The Morgan fingerprint density at radius 3 is 2.82 bits per heavy atom. The summed E-state index contributed by atoms with van der Waals surface area (Å²) in [4.78, 5) is 19.1. The van der Waals surface area contributed by atoms with Gasteiger partial charge in [-0.2, -0.15) is 5.10 Å². The monoisotopic (exact) mass is 232 g/mol. The van der Waals surface area contributed by atoms with Crippen LogP contribution in [0.5, 0.6) is 0 Å². The van der Waals surface area contributed by atoms with Crippen LogP contribution in [0.3, 0.4) is 0 Å². The van der Waals surface area contributed by atoms with Crippen LogP contribution in [0.15, 0.2) is 18.6 Å². The van der Waals surface area contributed by atoms with Gasteiger partial charge in [-0.1, -0.05) is 6.92 Å². The average Bonchev–Trinajstić information content (AvgIpc) is 2.71. The number of nitrogens with two attached hydrogens (primary N) is 2. The van der Waals surface area contributed by atoms with Crippen LogP contribution in [-0.4, -0.2) is 25.7 Å². The summed E-state index contributed by atoms with van der Waals surface area (Å²) in [5.41, 5.74) is 11.9. The molecule has 1 amide bonds. The highest BCUT2D eigenvalue weighted by molar-refractivity contribution is 5.95. The SMILES string of the molecule is CCc1cc(-n2cc(N)c(C(N)=O)n2)ncn1. The van der Waals surface area contributed by atoms with Crippen molar-refractivity contribution in [2.75, 3.05) is 5.73 Å². The molecule has 0 fully saturated rings. The second-order valence-corrected chi connectivity index (χ2v) is 3.46. The highest BCUT2D eigenvalue weighted by Gasteiger charge is 2.12. The molecule has 2 aromatic rings. The maximum Gasteiger partial charge on any atom is 0.271 e. The number of carbonyl (C=O) groups is 1. The van der Waals surface area contributed by atoms with Gasteiger partial charge in [-0.05, 0) is 6.42 Å². The molecule has 0 aliphatic carbocycles. The smallest absolute Gasteiger partial charge is 0.271 e. The van der Waals surface area contributed by atoms with Gasteiger partial charge in [0.25, 0.3) is 5.91 Å². The van der Waals surface area contributed by atoms with E-state index in [1.165, 1.54) is 17.2 Å². The van der Waals surface area contributed by atoms with Crippen molar-refractivity contribution in [3.63, 3.8) is 0 Å². The maximum absolute atomic E-state index is 11.0. The molecular weight excluding hydrogens is 220 g/mol. The number of carbonyl (C=O) groups excluding carboxylic acids is 1. The molecule has 7 heteroatoms. The van der Waals surface area contributed by atoms with Gasteiger partial charge in [-0.15, -0.1) is 0 Å². The lowest BCUT2D eigenvalue weighted by Gasteiger charge is -2.00. The molecule has 7 nitrogen and oxygen atoms in total. The summed E-state index contributed by atoms with van der Waals surface area (Å²) in [6.45, 7) is 1.98. The second-order valence-electron chi connectivity index (χ2n) is 3.46. The van der Waals surface area contributed by atoms with E-state index in [1.54, 1.807) is 6.07 Å². The third-order valence-electron chi connectivity index (χ3n) is 2.28. The molecule has 4 N–H and O–H groups in total. The molecule has 2 heterocycles. The van der Waals surface area contributed by atoms with Gasteiger partial charge in [0.05, 0.1) is 11.9 Å². The van der Waals surface area contributed by atoms with Crippen LogP contribution in [-0.2, 0) is 6.42 Å². The lowest BCUT2D eigenvalue weighted by molar-refractivity contribution is 0.0996. The zero-order chi connectivity index (χ0) is 12.4. The second kappa shape index (κ2) is 4.20. The Morgan fingerprint density at radius 1 is 1.47 bits per heavy atom. The molecule has 0 aliphatic rings. The molecule has 0 aromatic carbocycles. The van der Waals surface area contributed by atoms with Crippen molar-refractivity contribution < 1.29 is 4.79 Å². The van der Waals surface area contributed by atoms with Gasteiger partial charge < -0.3 is 11.5 Å². The third-order valence-corrected chi connectivity index (χ3v) is 2.28. The summed E-state index contributed by atoms with van der Waals surface area (Å²) in [5.74, 6) is -0.109. The largest absolute Gasteiger partial charge is 0.396 e. The molecule has 88 valence electrons. The lowest BCUT2D eigenvalue weighted by atomic mass is 10.3. The van der Waals surface area contributed by atoms with Crippen LogP contribution in [0.2, 0.25) is 0 Å². The van der Waals surface area contributed by atoms with E-state index in [9.17, 15) is 4.79 Å². The van der Waals surface area contributed by atoms with E-state index in [4.69, 9.17) is 11.5 Å². The quantitative estimate of drug-likeness (QED) is 0.767. The molecule has 2 aromatic heterocycles. The van der Waals surface area contributed by atoms with E-state index in [0.29, 0.717) is 5.82 Å². The Balaban J connectivity index is 2.46. The minimum Gasteiger partial charge on any atom is -0.396 e. The molecule has 0 spiro atoms. The van der Waals surface area contributed by atoms with Gasteiger partial charge >= 0.3 is 0 Å². The van der Waals surface area contributed by atoms with Crippen molar-refractivity contribution in [2.24, 2.45) is 5.73 Å². The molecule has 0 saturated heterocycles. The van der Waals surface area contributed by atoms with Crippen LogP contribution < -0.4 is 11.5 Å². The number of anilines is 1. The summed E-state index contributed by atoms with van der Waals surface area (Å²) in [7, 11) is 0. The predicted molar refractivity (Wildman–Crippen MR) is 61.5 cm³/mol. The van der Waals surface area contributed by atoms with Gasteiger partial charge in [0.15, 0.2) is 11.5 Å². The molecular formula is C10H12N6O. The van der Waals surface area contributed by atoms with Gasteiger partial charge in [-0.3, -0.25) is 4.79 Å². The minimum absolute atomic E-state index is 0.0432. The number of aryl methyl sites for hydroxylation is 1. The number of hydrogen-bond donors (Lipinski definition) is 2. The fourth-order valence-electron chi connectivity index (χ4n) is 1.40. The first-order valence-electron chi connectivity index (χ1n) is 5.08. The molecule has 0 bridgehead atoms. The van der Waals surface area contributed by atoms with E-state index < -0.39 is 5.91 Å². The molecule has 0 unspecified atom stereocenters. The van der Waals surface area contributed by atoms with E-state index >= 15 is 0 Å². The van der Waals surface area contributed by atoms with Gasteiger partial charge in [-0.25, -0.2) is 14.6 Å².